The Morgan fingerprint density at radius 2 is 2.15 bits per heavy atom. The van der Waals surface area contributed by atoms with Crippen LogP contribution in [0.25, 0.3) is 0 Å². The summed E-state index contributed by atoms with van der Waals surface area (Å²) in [6.07, 6.45) is 4.64. The van der Waals surface area contributed by atoms with E-state index in [1.165, 1.54) is 12.8 Å². The Kier molecular flexibility index (Phi) is 4.21. The van der Waals surface area contributed by atoms with E-state index in [1.807, 2.05) is 6.92 Å². The second-order valence-corrected chi connectivity index (χ2v) is 5.61. The standard InChI is InChI=1S/C13H19ClN4O2/c1-2-6-20-13-17-11(14)16-12(18-13)15-9-5-7-19-10(9)8-3-4-8/h8-10H,2-7H2,1H3,(H,15,16,17,18). The molecule has 2 heterocycles. The second-order valence-electron chi connectivity index (χ2n) is 5.27. The molecule has 1 aromatic heterocycles. The highest BCUT2D eigenvalue weighted by molar-refractivity contribution is 6.28. The van der Waals surface area contributed by atoms with E-state index >= 15 is 0 Å². The molecular formula is C13H19ClN4O2. The molecule has 0 radical (unpaired) electrons. The van der Waals surface area contributed by atoms with Gasteiger partial charge in [0.2, 0.25) is 11.2 Å². The van der Waals surface area contributed by atoms with Crippen LogP contribution < -0.4 is 10.1 Å². The van der Waals surface area contributed by atoms with Gasteiger partial charge in [-0.05, 0) is 43.2 Å². The number of anilines is 1. The van der Waals surface area contributed by atoms with Gasteiger partial charge in [-0.15, -0.1) is 0 Å². The molecule has 6 nitrogen and oxygen atoms in total. The van der Waals surface area contributed by atoms with Crippen molar-refractivity contribution in [1.82, 2.24) is 15.0 Å². The molecule has 3 rings (SSSR count). The van der Waals surface area contributed by atoms with Crippen LogP contribution in [0, 0.1) is 5.92 Å². The molecular weight excluding hydrogens is 280 g/mol. The number of nitrogens with one attached hydrogen (secondary N) is 1. The number of rotatable bonds is 6. The van der Waals surface area contributed by atoms with Crippen molar-refractivity contribution < 1.29 is 9.47 Å². The summed E-state index contributed by atoms with van der Waals surface area (Å²) in [6.45, 7) is 3.38. The summed E-state index contributed by atoms with van der Waals surface area (Å²) in [5.74, 6) is 1.15. The Balaban J connectivity index is 1.68. The van der Waals surface area contributed by atoms with Crippen molar-refractivity contribution in [3.8, 4) is 6.01 Å². The Morgan fingerprint density at radius 3 is 2.90 bits per heavy atom. The Bertz CT molecular complexity index is 470. The first-order valence-electron chi connectivity index (χ1n) is 7.18. The molecule has 1 N–H and O–H groups in total. The zero-order valence-electron chi connectivity index (χ0n) is 11.5. The molecule has 7 heteroatoms. The summed E-state index contributed by atoms with van der Waals surface area (Å²) in [6, 6.07) is 0.524. The average molecular weight is 299 g/mol. The molecule has 20 heavy (non-hydrogen) atoms. The molecule has 1 saturated heterocycles. The van der Waals surface area contributed by atoms with Gasteiger partial charge in [0.15, 0.2) is 0 Å². The van der Waals surface area contributed by atoms with Gasteiger partial charge < -0.3 is 14.8 Å². The molecule has 1 aliphatic heterocycles. The van der Waals surface area contributed by atoms with E-state index < -0.39 is 0 Å². The fourth-order valence-corrected chi connectivity index (χ4v) is 2.63. The maximum atomic E-state index is 5.91. The lowest BCUT2D eigenvalue weighted by molar-refractivity contribution is 0.0897. The largest absolute Gasteiger partial charge is 0.463 e. The maximum Gasteiger partial charge on any atom is 0.322 e. The van der Waals surface area contributed by atoms with E-state index in [0.717, 1.165) is 19.4 Å². The highest BCUT2D eigenvalue weighted by Gasteiger charge is 2.40. The fraction of sp³-hybridized carbons (Fsp3) is 0.769. The Morgan fingerprint density at radius 1 is 1.30 bits per heavy atom. The number of aromatic nitrogens is 3. The van der Waals surface area contributed by atoms with E-state index in [1.54, 1.807) is 0 Å². The number of halogens is 1. The molecule has 0 spiro atoms. The molecule has 1 aromatic rings. The summed E-state index contributed by atoms with van der Waals surface area (Å²) < 4.78 is 11.2. The van der Waals surface area contributed by atoms with Crippen LogP contribution in [0.5, 0.6) is 6.01 Å². The zero-order chi connectivity index (χ0) is 13.9. The molecule has 2 unspecified atom stereocenters. The molecule has 0 amide bonds. The predicted molar refractivity (Wildman–Crippen MR) is 75.1 cm³/mol. The van der Waals surface area contributed by atoms with Crippen molar-refractivity contribution in [2.45, 2.75) is 44.8 Å². The molecule has 2 aliphatic rings. The van der Waals surface area contributed by atoms with Crippen molar-refractivity contribution in [3.05, 3.63) is 5.28 Å². The van der Waals surface area contributed by atoms with Gasteiger partial charge in [-0.25, -0.2) is 0 Å². The number of hydrogen-bond donors (Lipinski definition) is 1. The van der Waals surface area contributed by atoms with Gasteiger partial charge in [0.05, 0.1) is 18.8 Å². The van der Waals surface area contributed by atoms with Gasteiger partial charge in [0.25, 0.3) is 0 Å². The topological polar surface area (TPSA) is 69.2 Å². The van der Waals surface area contributed by atoms with Crippen molar-refractivity contribution in [2.24, 2.45) is 5.92 Å². The lowest BCUT2D eigenvalue weighted by Crippen LogP contribution is -2.31. The van der Waals surface area contributed by atoms with Crippen LogP contribution in [-0.4, -0.2) is 40.3 Å². The first kappa shape index (κ1) is 13.8. The maximum absolute atomic E-state index is 5.91. The van der Waals surface area contributed by atoms with Crippen LogP contribution in [0.2, 0.25) is 5.28 Å². The summed E-state index contributed by atoms with van der Waals surface area (Å²) in [4.78, 5) is 12.3. The zero-order valence-corrected chi connectivity index (χ0v) is 12.3. The fourth-order valence-electron chi connectivity index (χ4n) is 2.48. The highest BCUT2D eigenvalue weighted by atomic mass is 35.5. The van der Waals surface area contributed by atoms with Crippen molar-refractivity contribution in [2.75, 3.05) is 18.5 Å². The Labute approximate surface area is 123 Å². The van der Waals surface area contributed by atoms with Crippen LogP contribution in [0.15, 0.2) is 0 Å². The van der Waals surface area contributed by atoms with E-state index in [4.69, 9.17) is 21.1 Å². The van der Waals surface area contributed by atoms with Gasteiger partial charge in [-0.1, -0.05) is 6.92 Å². The van der Waals surface area contributed by atoms with E-state index in [0.29, 0.717) is 18.5 Å². The summed E-state index contributed by atoms with van der Waals surface area (Å²) in [5.41, 5.74) is 0. The Hall–Kier alpha value is -1.14. The number of hydrogen-bond acceptors (Lipinski definition) is 6. The minimum absolute atomic E-state index is 0.149. The van der Waals surface area contributed by atoms with E-state index in [-0.39, 0.29) is 23.4 Å². The first-order valence-corrected chi connectivity index (χ1v) is 7.56. The summed E-state index contributed by atoms with van der Waals surface area (Å²) in [5, 5.41) is 3.47. The minimum Gasteiger partial charge on any atom is -0.463 e. The van der Waals surface area contributed by atoms with Crippen LogP contribution in [0.4, 0.5) is 5.95 Å². The van der Waals surface area contributed by atoms with Crippen LogP contribution in [-0.2, 0) is 4.74 Å². The third-order valence-corrected chi connectivity index (χ3v) is 3.73. The molecule has 2 atom stereocenters. The van der Waals surface area contributed by atoms with Crippen LogP contribution in [0.3, 0.4) is 0 Å². The molecule has 2 fully saturated rings. The van der Waals surface area contributed by atoms with Gasteiger partial charge in [-0.2, -0.15) is 15.0 Å². The van der Waals surface area contributed by atoms with Crippen molar-refractivity contribution in [1.29, 1.82) is 0 Å². The van der Waals surface area contributed by atoms with Crippen molar-refractivity contribution >= 4 is 17.5 Å². The molecule has 110 valence electrons. The molecule has 0 bridgehead atoms. The van der Waals surface area contributed by atoms with Gasteiger partial charge >= 0.3 is 6.01 Å². The summed E-state index contributed by atoms with van der Waals surface area (Å²) >= 11 is 5.91. The number of nitrogens with zero attached hydrogens (tertiary/aromatic N) is 3. The number of ether oxygens (including phenoxy) is 2. The van der Waals surface area contributed by atoms with E-state index in [9.17, 15) is 0 Å². The van der Waals surface area contributed by atoms with Gasteiger partial charge in [0.1, 0.15) is 0 Å². The van der Waals surface area contributed by atoms with Crippen LogP contribution in [0.1, 0.15) is 32.6 Å². The quantitative estimate of drug-likeness (QED) is 0.869. The smallest absolute Gasteiger partial charge is 0.322 e. The molecule has 1 saturated carbocycles. The lowest BCUT2D eigenvalue weighted by atomic mass is 10.1. The average Bonchev–Trinajstić information content (AvgIpc) is 3.17. The van der Waals surface area contributed by atoms with Gasteiger partial charge in [0, 0.05) is 6.61 Å². The SMILES string of the molecule is CCCOc1nc(Cl)nc(NC2CCOC2C2CC2)n1. The van der Waals surface area contributed by atoms with Crippen molar-refractivity contribution in [3.63, 3.8) is 0 Å². The van der Waals surface area contributed by atoms with Gasteiger partial charge in [-0.3, -0.25) is 0 Å². The third-order valence-electron chi connectivity index (χ3n) is 3.56. The predicted octanol–water partition coefficient (Wildman–Crippen LogP) is 2.29. The lowest BCUT2D eigenvalue weighted by Gasteiger charge is -2.19. The molecule has 1 aliphatic carbocycles. The summed E-state index contributed by atoms with van der Waals surface area (Å²) in [7, 11) is 0. The first-order chi connectivity index (χ1) is 9.76. The van der Waals surface area contributed by atoms with Crippen LogP contribution >= 0.6 is 11.6 Å². The third kappa shape index (κ3) is 3.30. The monoisotopic (exact) mass is 298 g/mol. The van der Waals surface area contributed by atoms with E-state index in [2.05, 4.69) is 20.3 Å². The highest BCUT2D eigenvalue weighted by Crippen LogP contribution is 2.39. The normalized spacial score (nSPS) is 25.7. The molecule has 0 aromatic carbocycles. The second kappa shape index (κ2) is 6.10. The minimum atomic E-state index is 0.149.